The number of carbonyl (C=O) groups excluding carboxylic acids is 1. The lowest BCUT2D eigenvalue weighted by Crippen LogP contribution is -2.32. The SMILES string of the molecule is Cc1cc(C(=O)NCCN(C)C)nc(Nc2ccc(Br)cc2C)n1. The van der Waals surface area contributed by atoms with Crippen LogP contribution in [0, 0.1) is 13.8 Å². The minimum atomic E-state index is -0.196. The molecular formula is C17H22BrN5O. The summed E-state index contributed by atoms with van der Waals surface area (Å²) in [5.74, 6) is 0.219. The molecule has 1 amide bonds. The highest BCUT2D eigenvalue weighted by molar-refractivity contribution is 9.10. The number of benzene rings is 1. The molecule has 6 nitrogen and oxygen atoms in total. The van der Waals surface area contributed by atoms with Gasteiger partial charge in [0.25, 0.3) is 5.91 Å². The number of aromatic nitrogens is 2. The van der Waals surface area contributed by atoms with Crippen molar-refractivity contribution in [3.05, 3.63) is 45.7 Å². The maximum absolute atomic E-state index is 12.2. The van der Waals surface area contributed by atoms with E-state index in [0.717, 1.165) is 28.0 Å². The van der Waals surface area contributed by atoms with Crippen LogP contribution in [0.3, 0.4) is 0 Å². The molecule has 7 heteroatoms. The normalized spacial score (nSPS) is 10.8. The van der Waals surface area contributed by atoms with E-state index < -0.39 is 0 Å². The minimum absolute atomic E-state index is 0.196. The van der Waals surface area contributed by atoms with Crippen molar-refractivity contribution in [2.24, 2.45) is 0 Å². The number of nitrogens with zero attached hydrogens (tertiary/aromatic N) is 3. The van der Waals surface area contributed by atoms with Gasteiger partial charge in [-0.3, -0.25) is 4.79 Å². The largest absolute Gasteiger partial charge is 0.349 e. The van der Waals surface area contributed by atoms with Gasteiger partial charge in [0.15, 0.2) is 0 Å². The van der Waals surface area contributed by atoms with Crippen molar-refractivity contribution in [3.8, 4) is 0 Å². The second-order valence-corrected chi connectivity index (χ2v) is 6.78. The Labute approximate surface area is 150 Å². The van der Waals surface area contributed by atoms with E-state index in [1.807, 2.05) is 51.0 Å². The second-order valence-electron chi connectivity index (χ2n) is 5.86. The Hall–Kier alpha value is -1.99. The van der Waals surface area contributed by atoms with E-state index >= 15 is 0 Å². The van der Waals surface area contributed by atoms with E-state index in [9.17, 15) is 4.79 Å². The number of anilines is 2. The summed E-state index contributed by atoms with van der Waals surface area (Å²) in [7, 11) is 3.92. The van der Waals surface area contributed by atoms with Crippen LogP contribution in [0.4, 0.5) is 11.6 Å². The summed E-state index contributed by atoms with van der Waals surface area (Å²) in [6.45, 7) is 5.19. The lowest BCUT2D eigenvalue weighted by Gasteiger charge is -2.12. The quantitative estimate of drug-likeness (QED) is 0.791. The first-order chi connectivity index (χ1) is 11.3. The molecule has 0 radical (unpaired) electrons. The molecule has 128 valence electrons. The number of likely N-dealkylation sites (N-methyl/N-ethyl adjacent to an activating group) is 1. The first-order valence-corrected chi connectivity index (χ1v) is 8.46. The highest BCUT2D eigenvalue weighted by Crippen LogP contribution is 2.22. The molecule has 0 aliphatic carbocycles. The van der Waals surface area contributed by atoms with Gasteiger partial charge in [0.1, 0.15) is 5.69 Å². The molecule has 0 saturated heterocycles. The van der Waals surface area contributed by atoms with Crippen LogP contribution in [0.1, 0.15) is 21.7 Å². The average molecular weight is 392 g/mol. The summed E-state index contributed by atoms with van der Waals surface area (Å²) in [5.41, 5.74) is 3.06. The van der Waals surface area contributed by atoms with Gasteiger partial charge < -0.3 is 15.5 Å². The fourth-order valence-corrected chi connectivity index (χ4v) is 2.59. The molecule has 1 aromatic heterocycles. The Balaban J connectivity index is 2.14. The van der Waals surface area contributed by atoms with Gasteiger partial charge in [-0.05, 0) is 57.8 Å². The lowest BCUT2D eigenvalue weighted by molar-refractivity contribution is 0.0946. The molecule has 2 aromatic rings. The van der Waals surface area contributed by atoms with Gasteiger partial charge in [0.2, 0.25) is 5.95 Å². The molecular weight excluding hydrogens is 370 g/mol. The van der Waals surface area contributed by atoms with Crippen molar-refractivity contribution in [2.75, 3.05) is 32.5 Å². The first kappa shape index (κ1) is 18.4. The molecule has 1 aromatic carbocycles. The smallest absolute Gasteiger partial charge is 0.270 e. The van der Waals surface area contributed by atoms with Crippen molar-refractivity contribution >= 4 is 33.5 Å². The highest BCUT2D eigenvalue weighted by atomic mass is 79.9. The Morgan fingerprint density at radius 3 is 2.62 bits per heavy atom. The molecule has 0 fully saturated rings. The highest BCUT2D eigenvalue weighted by Gasteiger charge is 2.11. The molecule has 2 N–H and O–H groups in total. The van der Waals surface area contributed by atoms with Crippen molar-refractivity contribution in [2.45, 2.75) is 13.8 Å². The van der Waals surface area contributed by atoms with Crippen molar-refractivity contribution in [3.63, 3.8) is 0 Å². The number of hydrogen-bond donors (Lipinski definition) is 2. The topological polar surface area (TPSA) is 70.2 Å². The monoisotopic (exact) mass is 391 g/mol. The van der Waals surface area contributed by atoms with E-state index in [2.05, 4.69) is 36.5 Å². The molecule has 1 heterocycles. The van der Waals surface area contributed by atoms with Gasteiger partial charge in [-0.2, -0.15) is 0 Å². The fourth-order valence-electron chi connectivity index (χ4n) is 2.11. The summed E-state index contributed by atoms with van der Waals surface area (Å²) in [5, 5.41) is 6.04. The molecule has 0 spiro atoms. The zero-order chi connectivity index (χ0) is 17.7. The number of carbonyl (C=O) groups is 1. The van der Waals surface area contributed by atoms with Gasteiger partial charge >= 0.3 is 0 Å². The predicted octanol–water partition coefficient (Wildman–Crippen LogP) is 2.89. The number of amides is 1. The van der Waals surface area contributed by atoms with Crippen LogP contribution in [0.15, 0.2) is 28.7 Å². The lowest BCUT2D eigenvalue weighted by atomic mass is 10.2. The fraction of sp³-hybridized carbons (Fsp3) is 0.353. The summed E-state index contributed by atoms with van der Waals surface area (Å²) in [6.07, 6.45) is 0. The number of hydrogen-bond acceptors (Lipinski definition) is 5. The van der Waals surface area contributed by atoms with Gasteiger partial charge in [-0.25, -0.2) is 9.97 Å². The minimum Gasteiger partial charge on any atom is -0.349 e. The summed E-state index contributed by atoms with van der Waals surface area (Å²) in [4.78, 5) is 22.9. The Bertz CT molecular complexity index is 733. The second kappa shape index (κ2) is 8.21. The van der Waals surface area contributed by atoms with Crippen LogP contribution >= 0.6 is 15.9 Å². The van der Waals surface area contributed by atoms with Gasteiger partial charge in [-0.15, -0.1) is 0 Å². The van der Waals surface area contributed by atoms with Gasteiger partial charge in [0.05, 0.1) is 0 Å². The first-order valence-electron chi connectivity index (χ1n) is 7.67. The zero-order valence-corrected chi connectivity index (χ0v) is 15.9. The molecule has 24 heavy (non-hydrogen) atoms. The maximum Gasteiger partial charge on any atom is 0.270 e. The zero-order valence-electron chi connectivity index (χ0n) is 14.4. The van der Waals surface area contributed by atoms with Crippen molar-refractivity contribution < 1.29 is 4.79 Å². The summed E-state index contributed by atoms with van der Waals surface area (Å²) < 4.78 is 1.01. The van der Waals surface area contributed by atoms with E-state index in [1.165, 1.54) is 0 Å². The number of aryl methyl sites for hydroxylation is 2. The van der Waals surface area contributed by atoms with E-state index in [-0.39, 0.29) is 5.91 Å². The van der Waals surface area contributed by atoms with E-state index in [1.54, 1.807) is 6.07 Å². The average Bonchev–Trinajstić information content (AvgIpc) is 2.49. The van der Waals surface area contributed by atoms with Crippen LogP contribution in [-0.4, -0.2) is 48.0 Å². The third kappa shape index (κ3) is 5.28. The van der Waals surface area contributed by atoms with Crippen LogP contribution in [0.2, 0.25) is 0 Å². The van der Waals surface area contributed by atoms with Crippen molar-refractivity contribution in [1.29, 1.82) is 0 Å². The molecule has 2 rings (SSSR count). The van der Waals surface area contributed by atoms with Gasteiger partial charge in [-0.1, -0.05) is 15.9 Å². The Morgan fingerprint density at radius 1 is 1.21 bits per heavy atom. The summed E-state index contributed by atoms with van der Waals surface area (Å²) >= 11 is 3.44. The molecule has 0 aliphatic heterocycles. The van der Waals surface area contributed by atoms with E-state index in [4.69, 9.17) is 0 Å². The Morgan fingerprint density at radius 2 is 1.96 bits per heavy atom. The maximum atomic E-state index is 12.2. The summed E-state index contributed by atoms with van der Waals surface area (Å²) in [6, 6.07) is 7.58. The standard InChI is InChI=1S/C17H22BrN5O/c1-11-9-13(18)5-6-14(11)21-17-20-12(2)10-15(22-17)16(24)19-7-8-23(3)4/h5-6,9-10H,7-8H2,1-4H3,(H,19,24)(H,20,21,22). The van der Waals surface area contributed by atoms with Crippen LogP contribution in [0.5, 0.6) is 0 Å². The molecule has 0 saturated carbocycles. The van der Waals surface area contributed by atoms with Crippen LogP contribution in [0.25, 0.3) is 0 Å². The van der Waals surface area contributed by atoms with Crippen LogP contribution < -0.4 is 10.6 Å². The third-order valence-electron chi connectivity index (χ3n) is 3.37. The number of halogens is 1. The molecule has 0 aliphatic rings. The third-order valence-corrected chi connectivity index (χ3v) is 3.86. The molecule has 0 atom stereocenters. The molecule has 0 bridgehead atoms. The Kier molecular flexibility index (Phi) is 6.28. The molecule has 0 unspecified atom stereocenters. The predicted molar refractivity (Wildman–Crippen MR) is 99.8 cm³/mol. The number of nitrogens with one attached hydrogen (secondary N) is 2. The van der Waals surface area contributed by atoms with Crippen molar-refractivity contribution in [1.82, 2.24) is 20.2 Å². The van der Waals surface area contributed by atoms with Crippen LogP contribution in [-0.2, 0) is 0 Å². The number of rotatable bonds is 6. The van der Waals surface area contributed by atoms with Gasteiger partial charge in [0, 0.05) is 28.9 Å². The van der Waals surface area contributed by atoms with E-state index in [0.29, 0.717) is 18.2 Å².